The van der Waals surface area contributed by atoms with E-state index in [4.69, 9.17) is 9.57 Å². The molecule has 0 saturated heterocycles. The Morgan fingerprint density at radius 3 is 2.68 bits per heavy atom. The average molecular weight is 264 g/mol. The molecule has 6 nitrogen and oxygen atoms in total. The summed E-state index contributed by atoms with van der Waals surface area (Å²) in [5.74, 6) is 0.795. The van der Waals surface area contributed by atoms with Crippen molar-refractivity contribution in [3.05, 3.63) is 42.2 Å². The molecule has 3 N–H and O–H groups in total. The van der Waals surface area contributed by atoms with Crippen molar-refractivity contribution in [2.24, 2.45) is 0 Å². The Labute approximate surface area is 111 Å². The van der Waals surface area contributed by atoms with Crippen molar-refractivity contribution in [3.8, 4) is 5.75 Å². The van der Waals surface area contributed by atoms with Gasteiger partial charge in [0.2, 0.25) is 0 Å². The minimum absolute atomic E-state index is 0.345. The van der Waals surface area contributed by atoms with Gasteiger partial charge in [0.1, 0.15) is 17.5 Å². The molecular weight excluding hydrogens is 248 g/mol. The van der Waals surface area contributed by atoms with Crippen LogP contribution < -0.4 is 15.5 Å². The van der Waals surface area contributed by atoms with Gasteiger partial charge in [0, 0.05) is 0 Å². The van der Waals surface area contributed by atoms with Crippen molar-refractivity contribution >= 4 is 6.09 Å². The van der Waals surface area contributed by atoms with Crippen molar-refractivity contribution < 1.29 is 19.5 Å². The SMILES string of the molecule is CC(C)(O)C1=CC(NC(=O)Oc2ccccc2)NO1. The predicted octanol–water partition coefficient (Wildman–Crippen LogP) is 1.29. The van der Waals surface area contributed by atoms with E-state index in [0.717, 1.165) is 0 Å². The molecule has 1 aromatic carbocycles. The van der Waals surface area contributed by atoms with E-state index in [1.54, 1.807) is 44.2 Å². The highest BCUT2D eigenvalue weighted by molar-refractivity contribution is 5.70. The van der Waals surface area contributed by atoms with E-state index in [0.29, 0.717) is 11.5 Å². The lowest BCUT2D eigenvalue weighted by atomic mass is 10.1. The fourth-order valence-electron chi connectivity index (χ4n) is 1.50. The van der Waals surface area contributed by atoms with Gasteiger partial charge in [-0.15, -0.1) is 5.48 Å². The third-order valence-electron chi connectivity index (χ3n) is 2.44. The van der Waals surface area contributed by atoms with E-state index < -0.39 is 17.9 Å². The summed E-state index contributed by atoms with van der Waals surface area (Å²) in [6.07, 6.45) is 0.421. The number of nitrogens with one attached hydrogen (secondary N) is 2. The number of hydrogen-bond donors (Lipinski definition) is 3. The second-order valence-electron chi connectivity index (χ2n) is 4.63. The fourth-order valence-corrected chi connectivity index (χ4v) is 1.50. The van der Waals surface area contributed by atoms with Crippen LogP contribution in [0.2, 0.25) is 0 Å². The van der Waals surface area contributed by atoms with Gasteiger partial charge in [-0.25, -0.2) is 4.79 Å². The van der Waals surface area contributed by atoms with Crippen LogP contribution in [-0.2, 0) is 4.84 Å². The van der Waals surface area contributed by atoms with Gasteiger partial charge in [-0.3, -0.25) is 5.32 Å². The number of ether oxygens (including phenoxy) is 1. The van der Waals surface area contributed by atoms with Crippen LogP contribution in [0.1, 0.15) is 13.8 Å². The molecule has 6 heteroatoms. The molecule has 0 aliphatic carbocycles. The van der Waals surface area contributed by atoms with E-state index in [9.17, 15) is 9.90 Å². The molecule has 1 unspecified atom stereocenters. The number of rotatable bonds is 3. The molecule has 1 atom stereocenters. The van der Waals surface area contributed by atoms with E-state index in [1.165, 1.54) is 0 Å². The van der Waals surface area contributed by atoms with Gasteiger partial charge in [-0.2, -0.15) is 0 Å². The van der Waals surface area contributed by atoms with Gasteiger partial charge in [0.05, 0.1) is 0 Å². The second kappa shape index (κ2) is 5.29. The zero-order valence-corrected chi connectivity index (χ0v) is 10.7. The monoisotopic (exact) mass is 264 g/mol. The van der Waals surface area contributed by atoms with Gasteiger partial charge in [-0.1, -0.05) is 18.2 Å². The van der Waals surface area contributed by atoms with Gasteiger partial charge in [0.15, 0.2) is 5.76 Å². The lowest BCUT2D eigenvalue weighted by Crippen LogP contribution is -2.42. The van der Waals surface area contributed by atoms with E-state index in [-0.39, 0.29) is 0 Å². The van der Waals surface area contributed by atoms with Crippen LogP contribution in [0, 0.1) is 0 Å². The number of amides is 1. The summed E-state index contributed by atoms with van der Waals surface area (Å²) in [5.41, 5.74) is 1.46. The molecule has 102 valence electrons. The maximum Gasteiger partial charge on any atom is 0.414 e. The van der Waals surface area contributed by atoms with Crippen LogP contribution in [-0.4, -0.2) is 23.0 Å². The van der Waals surface area contributed by atoms with Crippen molar-refractivity contribution in [2.45, 2.75) is 25.6 Å². The van der Waals surface area contributed by atoms with Crippen LogP contribution in [0.25, 0.3) is 0 Å². The number of aliphatic hydroxyl groups is 1. The highest BCUT2D eigenvalue weighted by Crippen LogP contribution is 2.19. The Bertz CT molecular complexity index is 479. The highest BCUT2D eigenvalue weighted by atomic mass is 16.7. The molecule has 0 radical (unpaired) electrons. The number of carbonyl (C=O) groups is 1. The minimum Gasteiger partial charge on any atom is -0.410 e. The number of carbonyl (C=O) groups excluding carboxylic acids is 1. The fraction of sp³-hybridized carbons (Fsp3) is 0.308. The summed E-state index contributed by atoms with van der Waals surface area (Å²) in [6.45, 7) is 3.18. The summed E-state index contributed by atoms with van der Waals surface area (Å²) >= 11 is 0. The van der Waals surface area contributed by atoms with Crippen molar-refractivity contribution in [2.75, 3.05) is 0 Å². The standard InChI is InChI=1S/C13H16N2O4/c1-13(2,17)10-8-11(15-19-10)14-12(16)18-9-6-4-3-5-7-9/h3-8,11,15,17H,1-2H3,(H,14,16). The number of hydrogen-bond acceptors (Lipinski definition) is 5. The van der Waals surface area contributed by atoms with Crippen molar-refractivity contribution in [1.82, 2.24) is 10.8 Å². The van der Waals surface area contributed by atoms with Gasteiger partial charge in [0.25, 0.3) is 0 Å². The molecule has 0 bridgehead atoms. The van der Waals surface area contributed by atoms with Gasteiger partial charge >= 0.3 is 6.09 Å². The molecule has 2 rings (SSSR count). The average Bonchev–Trinajstić information content (AvgIpc) is 2.78. The van der Waals surface area contributed by atoms with Gasteiger partial charge in [-0.05, 0) is 32.1 Å². The van der Waals surface area contributed by atoms with Crippen molar-refractivity contribution in [3.63, 3.8) is 0 Å². The molecule has 19 heavy (non-hydrogen) atoms. The molecule has 1 heterocycles. The number of hydroxylamine groups is 1. The first kappa shape index (κ1) is 13.4. The molecular formula is C13H16N2O4. The number of benzene rings is 1. The summed E-state index contributed by atoms with van der Waals surface area (Å²) in [7, 11) is 0. The Kier molecular flexibility index (Phi) is 3.73. The lowest BCUT2D eigenvalue weighted by Gasteiger charge is -2.16. The third kappa shape index (κ3) is 3.70. The first-order valence-corrected chi connectivity index (χ1v) is 5.85. The quantitative estimate of drug-likeness (QED) is 0.766. The van der Waals surface area contributed by atoms with E-state index >= 15 is 0 Å². The second-order valence-corrected chi connectivity index (χ2v) is 4.63. The maximum absolute atomic E-state index is 11.6. The molecule has 0 spiro atoms. The minimum atomic E-state index is -1.10. The van der Waals surface area contributed by atoms with Crippen LogP contribution >= 0.6 is 0 Å². The van der Waals surface area contributed by atoms with E-state index in [1.807, 2.05) is 6.07 Å². The number of para-hydroxylation sites is 1. The molecule has 0 fully saturated rings. The first-order chi connectivity index (χ1) is 8.95. The molecule has 1 aliphatic rings. The van der Waals surface area contributed by atoms with Crippen LogP contribution in [0.4, 0.5) is 4.79 Å². The predicted molar refractivity (Wildman–Crippen MR) is 68.0 cm³/mol. The molecule has 1 amide bonds. The Balaban J connectivity index is 1.89. The molecule has 1 aromatic rings. The largest absolute Gasteiger partial charge is 0.414 e. The van der Waals surface area contributed by atoms with Crippen LogP contribution in [0.3, 0.4) is 0 Å². The summed E-state index contributed by atoms with van der Waals surface area (Å²) in [5, 5.41) is 12.3. The van der Waals surface area contributed by atoms with E-state index in [2.05, 4.69) is 10.8 Å². The Hall–Kier alpha value is -2.05. The summed E-state index contributed by atoms with van der Waals surface area (Å²) < 4.78 is 5.06. The van der Waals surface area contributed by atoms with Crippen LogP contribution in [0.5, 0.6) is 5.75 Å². The van der Waals surface area contributed by atoms with Crippen LogP contribution in [0.15, 0.2) is 42.2 Å². The first-order valence-electron chi connectivity index (χ1n) is 5.85. The maximum atomic E-state index is 11.6. The molecule has 0 saturated carbocycles. The zero-order chi connectivity index (χ0) is 13.9. The zero-order valence-electron chi connectivity index (χ0n) is 10.7. The Morgan fingerprint density at radius 1 is 1.42 bits per heavy atom. The van der Waals surface area contributed by atoms with Crippen molar-refractivity contribution in [1.29, 1.82) is 0 Å². The summed E-state index contributed by atoms with van der Waals surface area (Å²) in [6, 6.07) is 8.72. The highest BCUT2D eigenvalue weighted by Gasteiger charge is 2.29. The normalized spacial score (nSPS) is 18.5. The lowest BCUT2D eigenvalue weighted by molar-refractivity contribution is 0.0101. The molecule has 1 aliphatic heterocycles. The Morgan fingerprint density at radius 2 is 2.11 bits per heavy atom. The molecule has 0 aromatic heterocycles. The summed E-state index contributed by atoms with van der Waals surface area (Å²) in [4.78, 5) is 16.7. The van der Waals surface area contributed by atoms with Gasteiger partial charge < -0.3 is 14.7 Å². The third-order valence-corrected chi connectivity index (χ3v) is 2.44. The smallest absolute Gasteiger partial charge is 0.410 e. The topological polar surface area (TPSA) is 79.8 Å².